The quantitative estimate of drug-likeness (QED) is 0.612. The van der Waals surface area contributed by atoms with Crippen LogP contribution >= 0.6 is 11.6 Å². The summed E-state index contributed by atoms with van der Waals surface area (Å²) >= 11 is 5.83. The molecule has 0 fully saturated rings. The molecule has 0 bridgehead atoms. The van der Waals surface area contributed by atoms with Crippen LogP contribution < -0.4 is 10.1 Å². The van der Waals surface area contributed by atoms with Crippen LogP contribution in [0.25, 0.3) is 0 Å². The standard InChI is InChI=1S/C16H14ClF3N2O3/c1-24-7-8-25-13-5-4-10(16(18,19)20)9-12(13)22-15(23)11-3-2-6-21-14(11)17/h2-6,9H,7-8H2,1H3,(H,22,23). The number of anilines is 1. The van der Waals surface area contributed by atoms with Gasteiger partial charge in [0.1, 0.15) is 17.5 Å². The molecule has 5 nitrogen and oxygen atoms in total. The van der Waals surface area contributed by atoms with Crippen molar-refractivity contribution in [1.82, 2.24) is 4.98 Å². The molecular weight excluding hydrogens is 361 g/mol. The van der Waals surface area contributed by atoms with Gasteiger partial charge >= 0.3 is 6.18 Å². The fraction of sp³-hybridized carbons (Fsp3) is 0.250. The number of hydrogen-bond acceptors (Lipinski definition) is 4. The van der Waals surface area contributed by atoms with Crippen molar-refractivity contribution in [3.63, 3.8) is 0 Å². The van der Waals surface area contributed by atoms with Crippen molar-refractivity contribution in [3.8, 4) is 5.75 Å². The number of alkyl halides is 3. The van der Waals surface area contributed by atoms with Crippen molar-refractivity contribution in [2.24, 2.45) is 0 Å². The van der Waals surface area contributed by atoms with Gasteiger partial charge in [0.15, 0.2) is 0 Å². The van der Waals surface area contributed by atoms with Crippen LogP contribution in [-0.4, -0.2) is 31.2 Å². The first-order chi connectivity index (χ1) is 11.8. The molecule has 0 aliphatic heterocycles. The van der Waals surface area contributed by atoms with Crippen LogP contribution in [0.5, 0.6) is 5.75 Å². The second-order valence-electron chi connectivity index (χ2n) is 4.85. The Morgan fingerprint density at radius 1 is 1.28 bits per heavy atom. The van der Waals surface area contributed by atoms with Crippen molar-refractivity contribution < 1.29 is 27.4 Å². The Labute approximate surface area is 146 Å². The lowest BCUT2D eigenvalue weighted by Crippen LogP contribution is -2.16. The minimum atomic E-state index is -4.56. The fourth-order valence-electron chi connectivity index (χ4n) is 1.91. The summed E-state index contributed by atoms with van der Waals surface area (Å²) in [5, 5.41) is 2.32. The van der Waals surface area contributed by atoms with Gasteiger partial charge < -0.3 is 14.8 Å². The van der Waals surface area contributed by atoms with Gasteiger partial charge in [-0.3, -0.25) is 4.79 Å². The SMILES string of the molecule is COCCOc1ccc(C(F)(F)F)cc1NC(=O)c1cccnc1Cl. The van der Waals surface area contributed by atoms with Crippen LogP contribution in [0.2, 0.25) is 5.15 Å². The number of aromatic nitrogens is 1. The number of nitrogens with zero attached hydrogens (tertiary/aromatic N) is 1. The molecular formula is C16H14ClF3N2O3. The van der Waals surface area contributed by atoms with Crippen molar-refractivity contribution in [2.75, 3.05) is 25.6 Å². The number of nitrogens with one attached hydrogen (secondary N) is 1. The predicted octanol–water partition coefficient (Wildman–Crippen LogP) is 4.03. The minimum absolute atomic E-state index is 0.0319. The lowest BCUT2D eigenvalue weighted by Gasteiger charge is -2.15. The minimum Gasteiger partial charge on any atom is -0.489 e. The highest BCUT2D eigenvalue weighted by molar-refractivity contribution is 6.33. The largest absolute Gasteiger partial charge is 0.489 e. The molecule has 1 aromatic carbocycles. The highest BCUT2D eigenvalue weighted by Crippen LogP contribution is 2.35. The molecule has 0 aliphatic rings. The number of carbonyl (C=O) groups excluding carboxylic acids is 1. The van der Waals surface area contributed by atoms with E-state index in [0.29, 0.717) is 0 Å². The van der Waals surface area contributed by atoms with Crippen LogP contribution in [0.3, 0.4) is 0 Å². The van der Waals surface area contributed by atoms with Crippen LogP contribution in [-0.2, 0) is 10.9 Å². The van der Waals surface area contributed by atoms with E-state index in [0.717, 1.165) is 18.2 Å². The monoisotopic (exact) mass is 374 g/mol. The zero-order valence-electron chi connectivity index (χ0n) is 13.1. The molecule has 2 rings (SSSR count). The molecule has 0 atom stereocenters. The summed E-state index contributed by atoms with van der Waals surface area (Å²) in [6.45, 7) is 0.348. The van der Waals surface area contributed by atoms with E-state index in [9.17, 15) is 18.0 Å². The van der Waals surface area contributed by atoms with Gasteiger partial charge in [0, 0.05) is 13.3 Å². The smallest absolute Gasteiger partial charge is 0.416 e. The van der Waals surface area contributed by atoms with Gasteiger partial charge in [0.05, 0.1) is 23.4 Å². The molecule has 0 unspecified atom stereocenters. The number of ether oxygens (including phenoxy) is 2. The van der Waals surface area contributed by atoms with Gasteiger partial charge in [-0.25, -0.2) is 4.98 Å². The highest BCUT2D eigenvalue weighted by atomic mass is 35.5. The average Bonchev–Trinajstić information content (AvgIpc) is 2.55. The van der Waals surface area contributed by atoms with E-state index in [-0.39, 0.29) is 35.4 Å². The summed E-state index contributed by atoms with van der Waals surface area (Å²) in [5.74, 6) is -0.618. The molecule has 134 valence electrons. The predicted molar refractivity (Wildman–Crippen MR) is 86.0 cm³/mol. The number of carbonyl (C=O) groups is 1. The van der Waals surface area contributed by atoms with E-state index in [1.165, 1.54) is 25.4 Å². The van der Waals surface area contributed by atoms with Crippen molar-refractivity contribution in [3.05, 3.63) is 52.8 Å². The van der Waals surface area contributed by atoms with Crippen LogP contribution in [0.4, 0.5) is 18.9 Å². The lowest BCUT2D eigenvalue weighted by molar-refractivity contribution is -0.137. The van der Waals surface area contributed by atoms with E-state index in [1.54, 1.807) is 0 Å². The molecule has 9 heteroatoms. The topological polar surface area (TPSA) is 60.5 Å². The van der Waals surface area contributed by atoms with Gasteiger partial charge in [-0.2, -0.15) is 13.2 Å². The Morgan fingerprint density at radius 3 is 2.68 bits per heavy atom. The average molecular weight is 375 g/mol. The number of rotatable bonds is 6. The summed E-state index contributed by atoms with van der Waals surface area (Å²) in [4.78, 5) is 16.0. The second kappa shape index (κ2) is 8.17. The molecule has 0 radical (unpaired) electrons. The maximum atomic E-state index is 12.9. The molecule has 1 N–H and O–H groups in total. The van der Waals surface area contributed by atoms with Crippen molar-refractivity contribution >= 4 is 23.2 Å². The van der Waals surface area contributed by atoms with Gasteiger partial charge in [-0.1, -0.05) is 11.6 Å². The lowest BCUT2D eigenvalue weighted by atomic mass is 10.1. The van der Waals surface area contributed by atoms with E-state index in [4.69, 9.17) is 21.1 Å². The summed E-state index contributed by atoms with van der Waals surface area (Å²) in [6, 6.07) is 5.70. The van der Waals surface area contributed by atoms with E-state index in [2.05, 4.69) is 10.3 Å². The third-order valence-corrected chi connectivity index (χ3v) is 3.41. The first-order valence-corrected chi connectivity index (χ1v) is 7.45. The van der Waals surface area contributed by atoms with Gasteiger partial charge in [0.25, 0.3) is 5.91 Å². The molecule has 25 heavy (non-hydrogen) atoms. The Balaban J connectivity index is 2.31. The molecule has 2 aromatic rings. The van der Waals surface area contributed by atoms with Gasteiger partial charge in [-0.05, 0) is 30.3 Å². The fourth-order valence-corrected chi connectivity index (χ4v) is 2.12. The highest BCUT2D eigenvalue weighted by Gasteiger charge is 2.31. The number of pyridine rings is 1. The Bertz CT molecular complexity index is 754. The zero-order chi connectivity index (χ0) is 18.4. The Kier molecular flexibility index (Phi) is 6.22. The van der Waals surface area contributed by atoms with E-state index in [1.807, 2.05) is 0 Å². The first-order valence-electron chi connectivity index (χ1n) is 7.07. The number of methoxy groups -OCH3 is 1. The normalized spacial score (nSPS) is 11.2. The summed E-state index contributed by atoms with van der Waals surface area (Å²) in [7, 11) is 1.46. The second-order valence-corrected chi connectivity index (χ2v) is 5.20. The third kappa shape index (κ3) is 5.07. The Morgan fingerprint density at radius 2 is 2.04 bits per heavy atom. The Hall–Kier alpha value is -2.32. The van der Waals surface area contributed by atoms with Crippen molar-refractivity contribution in [1.29, 1.82) is 0 Å². The molecule has 1 heterocycles. The van der Waals surface area contributed by atoms with E-state index >= 15 is 0 Å². The number of amides is 1. The van der Waals surface area contributed by atoms with Crippen LogP contribution in [0, 0.1) is 0 Å². The molecule has 0 saturated heterocycles. The van der Waals surface area contributed by atoms with Crippen LogP contribution in [0.1, 0.15) is 15.9 Å². The van der Waals surface area contributed by atoms with Gasteiger partial charge in [0.2, 0.25) is 0 Å². The van der Waals surface area contributed by atoms with E-state index < -0.39 is 17.6 Å². The molecule has 0 saturated carbocycles. The number of hydrogen-bond donors (Lipinski definition) is 1. The third-order valence-electron chi connectivity index (χ3n) is 3.10. The molecule has 0 spiro atoms. The molecule has 0 aliphatic carbocycles. The number of halogens is 4. The number of benzene rings is 1. The summed E-state index contributed by atoms with van der Waals surface area (Å²) in [5.41, 5.74) is -1.01. The van der Waals surface area contributed by atoms with Gasteiger partial charge in [-0.15, -0.1) is 0 Å². The summed E-state index contributed by atoms with van der Waals surface area (Å²) < 4.78 is 49.0. The maximum Gasteiger partial charge on any atom is 0.416 e. The molecule has 1 amide bonds. The maximum absolute atomic E-state index is 12.9. The molecule has 1 aromatic heterocycles. The first kappa shape index (κ1) is 19.0. The zero-order valence-corrected chi connectivity index (χ0v) is 13.8. The van der Waals surface area contributed by atoms with Crippen LogP contribution in [0.15, 0.2) is 36.5 Å². The summed E-state index contributed by atoms with van der Waals surface area (Å²) in [6.07, 6.45) is -3.17. The van der Waals surface area contributed by atoms with Crippen molar-refractivity contribution in [2.45, 2.75) is 6.18 Å².